The van der Waals surface area contributed by atoms with Gasteiger partial charge in [-0.15, -0.1) is 0 Å². The minimum Gasteiger partial charge on any atom is -0.378 e. The lowest BCUT2D eigenvalue weighted by molar-refractivity contribution is 0.0303. The first-order valence-electron chi connectivity index (χ1n) is 12.7. The lowest BCUT2D eigenvalue weighted by atomic mass is 10.1. The molecular formula is C27H34FN5O4. The SMILES string of the molecule is CC(C)NC(=O)N1CCCN(c2ccc(NC(=O)c3ccc(F)cc3)cc2C(=O)N2CCOCC2)CC1. The fourth-order valence-corrected chi connectivity index (χ4v) is 4.50. The van der Waals surface area contributed by atoms with Crippen LogP contribution >= 0.6 is 0 Å². The van der Waals surface area contributed by atoms with Crippen molar-refractivity contribution in [3.05, 3.63) is 59.4 Å². The highest BCUT2D eigenvalue weighted by atomic mass is 19.1. The molecule has 0 saturated carbocycles. The van der Waals surface area contributed by atoms with E-state index in [0.717, 1.165) is 12.1 Å². The molecule has 4 amide bonds. The van der Waals surface area contributed by atoms with Gasteiger partial charge in [-0.3, -0.25) is 9.59 Å². The van der Waals surface area contributed by atoms with Crippen LogP contribution in [0.4, 0.5) is 20.6 Å². The molecule has 2 aromatic carbocycles. The number of carbonyl (C=O) groups excluding carboxylic acids is 3. The number of anilines is 2. The molecule has 0 unspecified atom stereocenters. The molecule has 10 heteroatoms. The summed E-state index contributed by atoms with van der Waals surface area (Å²) in [6.45, 7) is 8.25. The molecule has 2 aliphatic rings. The summed E-state index contributed by atoms with van der Waals surface area (Å²) in [7, 11) is 0. The fourth-order valence-electron chi connectivity index (χ4n) is 4.50. The number of amides is 4. The predicted molar refractivity (Wildman–Crippen MR) is 140 cm³/mol. The molecule has 0 bridgehead atoms. The number of hydrogen-bond donors (Lipinski definition) is 2. The van der Waals surface area contributed by atoms with Crippen LogP contribution in [0.5, 0.6) is 0 Å². The van der Waals surface area contributed by atoms with Gasteiger partial charge >= 0.3 is 6.03 Å². The molecular weight excluding hydrogens is 477 g/mol. The Morgan fingerprint density at radius 1 is 0.892 bits per heavy atom. The van der Waals surface area contributed by atoms with Crippen molar-refractivity contribution in [3.63, 3.8) is 0 Å². The summed E-state index contributed by atoms with van der Waals surface area (Å²) < 4.78 is 18.7. The van der Waals surface area contributed by atoms with E-state index >= 15 is 0 Å². The molecule has 2 fully saturated rings. The second-order valence-corrected chi connectivity index (χ2v) is 9.53. The predicted octanol–water partition coefficient (Wildman–Crippen LogP) is 3.18. The normalized spacial score (nSPS) is 16.4. The van der Waals surface area contributed by atoms with E-state index in [-0.39, 0.29) is 23.9 Å². The third-order valence-corrected chi connectivity index (χ3v) is 6.43. The summed E-state index contributed by atoms with van der Waals surface area (Å²) in [4.78, 5) is 44.5. The number of rotatable bonds is 5. The molecule has 0 aromatic heterocycles. The van der Waals surface area contributed by atoms with Gasteiger partial charge in [0, 0.05) is 62.2 Å². The molecule has 0 atom stereocenters. The first-order chi connectivity index (χ1) is 17.8. The van der Waals surface area contributed by atoms with Crippen molar-refractivity contribution in [1.82, 2.24) is 15.1 Å². The number of nitrogens with zero attached hydrogens (tertiary/aromatic N) is 3. The van der Waals surface area contributed by atoms with Crippen LogP contribution in [-0.2, 0) is 4.74 Å². The summed E-state index contributed by atoms with van der Waals surface area (Å²) in [5.74, 6) is -0.939. The number of morpholine rings is 1. The van der Waals surface area contributed by atoms with Crippen molar-refractivity contribution in [2.45, 2.75) is 26.3 Å². The Labute approximate surface area is 216 Å². The topological polar surface area (TPSA) is 94.2 Å². The Bertz CT molecular complexity index is 1120. The van der Waals surface area contributed by atoms with E-state index < -0.39 is 5.82 Å². The minimum atomic E-state index is -0.419. The summed E-state index contributed by atoms with van der Waals surface area (Å²) in [6.07, 6.45) is 0.764. The Hall–Kier alpha value is -3.66. The van der Waals surface area contributed by atoms with Crippen LogP contribution < -0.4 is 15.5 Å². The number of nitrogens with one attached hydrogen (secondary N) is 2. The van der Waals surface area contributed by atoms with E-state index in [0.29, 0.717) is 69.3 Å². The van der Waals surface area contributed by atoms with E-state index in [1.807, 2.05) is 19.9 Å². The molecule has 2 heterocycles. The van der Waals surface area contributed by atoms with Gasteiger partial charge in [0.1, 0.15) is 5.82 Å². The molecule has 4 rings (SSSR count). The van der Waals surface area contributed by atoms with Gasteiger partial charge in [0.15, 0.2) is 0 Å². The van der Waals surface area contributed by atoms with Gasteiger partial charge in [-0.2, -0.15) is 0 Å². The van der Waals surface area contributed by atoms with Gasteiger partial charge < -0.3 is 30.1 Å². The molecule has 9 nitrogen and oxygen atoms in total. The van der Waals surface area contributed by atoms with Crippen molar-refractivity contribution >= 4 is 29.2 Å². The van der Waals surface area contributed by atoms with E-state index in [1.54, 1.807) is 21.9 Å². The summed E-state index contributed by atoms with van der Waals surface area (Å²) in [5, 5.41) is 5.77. The average molecular weight is 512 g/mol. The maximum Gasteiger partial charge on any atom is 0.317 e. The van der Waals surface area contributed by atoms with E-state index in [2.05, 4.69) is 15.5 Å². The van der Waals surface area contributed by atoms with Crippen LogP contribution in [0.3, 0.4) is 0 Å². The largest absolute Gasteiger partial charge is 0.378 e. The Balaban J connectivity index is 1.57. The van der Waals surface area contributed by atoms with Crippen LogP contribution in [-0.4, -0.2) is 86.2 Å². The summed E-state index contributed by atoms with van der Waals surface area (Å²) in [5.41, 5.74) is 2.04. The van der Waals surface area contributed by atoms with Crippen LogP contribution in [0.25, 0.3) is 0 Å². The third-order valence-electron chi connectivity index (χ3n) is 6.43. The number of hydrogen-bond acceptors (Lipinski definition) is 5. The second-order valence-electron chi connectivity index (χ2n) is 9.53. The van der Waals surface area contributed by atoms with Crippen LogP contribution in [0.15, 0.2) is 42.5 Å². The highest BCUT2D eigenvalue weighted by Gasteiger charge is 2.26. The number of urea groups is 1. The molecule has 2 aromatic rings. The molecule has 2 aliphatic heterocycles. The van der Waals surface area contributed by atoms with Gasteiger partial charge in [0.25, 0.3) is 11.8 Å². The number of carbonyl (C=O) groups is 3. The van der Waals surface area contributed by atoms with E-state index in [1.165, 1.54) is 24.3 Å². The standard InChI is InChI=1S/C27H34FN5O4/c1-19(2)29-27(36)33-11-3-10-31(12-13-33)24-9-8-22(30-25(34)20-4-6-21(28)7-5-20)18-23(24)26(35)32-14-16-37-17-15-32/h4-9,18-19H,3,10-17H2,1-2H3,(H,29,36)(H,30,34). The molecule has 0 radical (unpaired) electrons. The Kier molecular flexibility index (Phi) is 8.60. The zero-order chi connectivity index (χ0) is 26.4. The molecule has 37 heavy (non-hydrogen) atoms. The maximum absolute atomic E-state index is 13.6. The summed E-state index contributed by atoms with van der Waals surface area (Å²) >= 11 is 0. The van der Waals surface area contributed by atoms with Crippen LogP contribution in [0.1, 0.15) is 41.0 Å². The highest BCUT2D eigenvalue weighted by molar-refractivity contribution is 6.06. The first kappa shape index (κ1) is 26.4. The fraction of sp³-hybridized carbons (Fsp3) is 0.444. The lowest BCUT2D eigenvalue weighted by Crippen LogP contribution is -2.44. The smallest absolute Gasteiger partial charge is 0.317 e. The molecule has 0 aliphatic carbocycles. The Morgan fingerprint density at radius 2 is 1.62 bits per heavy atom. The van der Waals surface area contributed by atoms with Gasteiger partial charge in [-0.1, -0.05) is 0 Å². The van der Waals surface area contributed by atoms with E-state index in [4.69, 9.17) is 4.74 Å². The number of ether oxygens (including phenoxy) is 1. The van der Waals surface area contributed by atoms with Gasteiger partial charge in [0.05, 0.1) is 18.8 Å². The molecule has 198 valence electrons. The zero-order valence-corrected chi connectivity index (χ0v) is 21.3. The van der Waals surface area contributed by atoms with E-state index in [9.17, 15) is 18.8 Å². The molecule has 2 saturated heterocycles. The third kappa shape index (κ3) is 6.76. The lowest BCUT2D eigenvalue weighted by Gasteiger charge is -2.30. The van der Waals surface area contributed by atoms with Crippen LogP contribution in [0.2, 0.25) is 0 Å². The molecule has 0 spiro atoms. The van der Waals surface area contributed by atoms with Crippen molar-refractivity contribution in [3.8, 4) is 0 Å². The van der Waals surface area contributed by atoms with Crippen molar-refractivity contribution in [2.24, 2.45) is 0 Å². The monoisotopic (exact) mass is 511 g/mol. The quantitative estimate of drug-likeness (QED) is 0.643. The number of benzene rings is 2. The average Bonchev–Trinajstić information content (AvgIpc) is 3.15. The second kappa shape index (κ2) is 12.1. The van der Waals surface area contributed by atoms with Gasteiger partial charge in [0.2, 0.25) is 0 Å². The number of halogens is 1. The molecule has 2 N–H and O–H groups in total. The highest BCUT2D eigenvalue weighted by Crippen LogP contribution is 2.28. The van der Waals surface area contributed by atoms with Crippen molar-refractivity contribution in [2.75, 3.05) is 62.7 Å². The van der Waals surface area contributed by atoms with Gasteiger partial charge in [-0.25, -0.2) is 9.18 Å². The summed E-state index contributed by atoms with van der Waals surface area (Å²) in [6, 6.07) is 10.6. The van der Waals surface area contributed by atoms with Crippen molar-refractivity contribution < 1.29 is 23.5 Å². The van der Waals surface area contributed by atoms with Crippen molar-refractivity contribution in [1.29, 1.82) is 0 Å². The zero-order valence-electron chi connectivity index (χ0n) is 21.3. The van der Waals surface area contributed by atoms with Crippen LogP contribution in [0, 0.1) is 5.82 Å². The maximum atomic E-state index is 13.6. The first-order valence-corrected chi connectivity index (χ1v) is 12.7. The minimum absolute atomic E-state index is 0.0577. The van der Waals surface area contributed by atoms with Gasteiger partial charge in [-0.05, 0) is 62.7 Å². The Morgan fingerprint density at radius 3 is 2.32 bits per heavy atom.